The summed E-state index contributed by atoms with van der Waals surface area (Å²) in [5.41, 5.74) is 0.865. The van der Waals surface area contributed by atoms with E-state index in [1.807, 2.05) is 25.1 Å². The molecule has 0 bridgehead atoms. The molecule has 16 heavy (non-hydrogen) atoms. The first-order chi connectivity index (χ1) is 7.67. The molecule has 1 rings (SSSR count). The van der Waals surface area contributed by atoms with Crippen LogP contribution in [-0.2, 0) is 11.3 Å². The Morgan fingerprint density at radius 1 is 1.44 bits per heavy atom. The Labute approximate surface area is 105 Å². The van der Waals surface area contributed by atoms with Crippen molar-refractivity contribution in [3.63, 3.8) is 0 Å². The molecule has 0 aliphatic heterocycles. The molecule has 0 spiro atoms. The molecule has 0 saturated heterocycles. The maximum atomic E-state index is 8.97. The van der Waals surface area contributed by atoms with Crippen LogP contribution in [0.5, 0.6) is 5.75 Å². The molecule has 3 nitrogen and oxygen atoms in total. The highest BCUT2D eigenvalue weighted by atomic mass is 79.9. The van der Waals surface area contributed by atoms with Gasteiger partial charge in [-0.25, -0.2) is 0 Å². The predicted octanol–water partition coefficient (Wildman–Crippen LogP) is 2.75. The Hall–Kier alpha value is -0.580. The molecular formula is C12H17BrO3. The van der Waals surface area contributed by atoms with Crippen molar-refractivity contribution < 1.29 is 14.6 Å². The number of methoxy groups -OCH3 is 1. The van der Waals surface area contributed by atoms with Gasteiger partial charge in [-0.2, -0.15) is 0 Å². The Balaban J connectivity index is 2.59. The fourth-order valence-electron chi connectivity index (χ4n) is 1.30. The summed E-state index contributed by atoms with van der Waals surface area (Å²) in [5.74, 6) is 0.792. The molecule has 0 amide bonds. The maximum Gasteiger partial charge on any atom is 0.133 e. The number of hydrogen-bond acceptors (Lipinski definition) is 3. The van der Waals surface area contributed by atoms with Gasteiger partial charge in [0.15, 0.2) is 0 Å². The molecule has 0 radical (unpaired) electrons. The molecular weight excluding hydrogens is 272 g/mol. The third-order valence-electron chi connectivity index (χ3n) is 2.24. The third-order valence-corrected chi connectivity index (χ3v) is 2.86. The van der Waals surface area contributed by atoms with Gasteiger partial charge in [0.05, 0.1) is 17.2 Å². The van der Waals surface area contributed by atoms with Gasteiger partial charge in [-0.15, -0.1) is 0 Å². The van der Waals surface area contributed by atoms with Crippen molar-refractivity contribution in [2.45, 2.75) is 26.1 Å². The van der Waals surface area contributed by atoms with E-state index in [4.69, 9.17) is 14.6 Å². The molecule has 0 saturated carbocycles. The first-order valence-electron chi connectivity index (χ1n) is 5.22. The SMILES string of the molecule is COCCC(C)Oc1ccc(CO)cc1Br. The van der Waals surface area contributed by atoms with Crippen molar-refractivity contribution in [1.29, 1.82) is 0 Å². The number of aliphatic hydroxyl groups excluding tert-OH is 1. The molecule has 0 fully saturated rings. The van der Waals surface area contributed by atoms with E-state index in [9.17, 15) is 0 Å². The first kappa shape index (κ1) is 13.5. The van der Waals surface area contributed by atoms with Gasteiger partial charge in [-0.1, -0.05) is 6.07 Å². The molecule has 0 heterocycles. The number of rotatable bonds is 6. The Kier molecular flexibility index (Phi) is 5.80. The number of hydrogen-bond donors (Lipinski definition) is 1. The third kappa shape index (κ3) is 4.12. The van der Waals surface area contributed by atoms with Gasteiger partial charge >= 0.3 is 0 Å². The van der Waals surface area contributed by atoms with Crippen LogP contribution >= 0.6 is 15.9 Å². The van der Waals surface area contributed by atoms with Crippen LogP contribution in [0.4, 0.5) is 0 Å². The quantitative estimate of drug-likeness (QED) is 0.875. The number of aliphatic hydroxyl groups is 1. The van der Waals surface area contributed by atoms with Crippen molar-refractivity contribution in [1.82, 2.24) is 0 Å². The van der Waals surface area contributed by atoms with Crippen molar-refractivity contribution in [3.05, 3.63) is 28.2 Å². The summed E-state index contributed by atoms with van der Waals surface area (Å²) in [6.07, 6.45) is 0.959. The highest BCUT2D eigenvalue weighted by Crippen LogP contribution is 2.27. The van der Waals surface area contributed by atoms with Gasteiger partial charge in [0.25, 0.3) is 0 Å². The van der Waals surface area contributed by atoms with E-state index in [1.54, 1.807) is 7.11 Å². The molecule has 0 aromatic heterocycles. The first-order valence-corrected chi connectivity index (χ1v) is 6.01. The van der Waals surface area contributed by atoms with E-state index >= 15 is 0 Å². The Morgan fingerprint density at radius 3 is 2.75 bits per heavy atom. The summed E-state index contributed by atoms with van der Waals surface area (Å²) in [4.78, 5) is 0. The van der Waals surface area contributed by atoms with Gasteiger partial charge in [-0.05, 0) is 40.5 Å². The number of ether oxygens (including phenoxy) is 2. The second-order valence-corrected chi connectivity index (χ2v) is 4.49. The van der Waals surface area contributed by atoms with E-state index < -0.39 is 0 Å². The topological polar surface area (TPSA) is 38.7 Å². The molecule has 90 valence electrons. The van der Waals surface area contributed by atoms with Gasteiger partial charge in [0.2, 0.25) is 0 Å². The van der Waals surface area contributed by atoms with Crippen LogP contribution in [-0.4, -0.2) is 24.9 Å². The second-order valence-electron chi connectivity index (χ2n) is 3.63. The second kappa shape index (κ2) is 6.89. The lowest BCUT2D eigenvalue weighted by atomic mass is 10.2. The van der Waals surface area contributed by atoms with Crippen LogP contribution in [0.15, 0.2) is 22.7 Å². The summed E-state index contributed by atoms with van der Waals surface area (Å²) >= 11 is 3.42. The zero-order valence-electron chi connectivity index (χ0n) is 9.57. The molecule has 1 N–H and O–H groups in total. The average Bonchev–Trinajstić information content (AvgIpc) is 2.29. The summed E-state index contributed by atoms with van der Waals surface area (Å²) < 4.78 is 11.6. The lowest BCUT2D eigenvalue weighted by Gasteiger charge is -2.15. The summed E-state index contributed by atoms with van der Waals surface area (Å²) in [6, 6.07) is 5.57. The summed E-state index contributed by atoms with van der Waals surface area (Å²) in [5, 5.41) is 8.97. The normalized spacial score (nSPS) is 12.5. The zero-order valence-corrected chi connectivity index (χ0v) is 11.2. The van der Waals surface area contributed by atoms with Crippen LogP contribution in [0.25, 0.3) is 0 Å². The minimum absolute atomic E-state index is 0.0398. The molecule has 1 atom stereocenters. The number of halogens is 1. The monoisotopic (exact) mass is 288 g/mol. The van der Waals surface area contributed by atoms with Crippen molar-refractivity contribution >= 4 is 15.9 Å². The van der Waals surface area contributed by atoms with Gasteiger partial charge in [0, 0.05) is 20.1 Å². The lowest BCUT2D eigenvalue weighted by Crippen LogP contribution is -2.14. The molecule has 1 aromatic carbocycles. The predicted molar refractivity (Wildman–Crippen MR) is 66.6 cm³/mol. The highest BCUT2D eigenvalue weighted by Gasteiger charge is 2.07. The molecule has 4 heteroatoms. The maximum absolute atomic E-state index is 8.97. The average molecular weight is 289 g/mol. The van der Waals surface area contributed by atoms with Crippen LogP contribution in [0.2, 0.25) is 0 Å². The van der Waals surface area contributed by atoms with E-state index in [0.717, 1.165) is 22.2 Å². The summed E-state index contributed by atoms with van der Waals surface area (Å²) in [7, 11) is 1.68. The lowest BCUT2D eigenvalue weighted by molar-refractivity contribution is 0.134. The van der Waals surface area contributed by atoms with Gasteiger partial charge in [0.1, 0.15) is 5.75 Å². The van der Waals surface area contributed by atoms with Crippen LogP contribution in [0, 0.1) is 0 Å². The molecule has 0 aliphatic carbocycles. The Morgan fingerprint density at radius 2 is 2.19 bits per heavy atom. The minimum atomic E-state index is 0.0398. The molecule has 1 aromatic rings. The van der Waals surface area contributed by atoms with Gasteiger partial charge < -0.3 is 14.6 Å². The van der Waals surface area contributed by atoms with E-state index in [0.29, 0.717) is 6.61 Å². The van der Waals surface area contributed by atoms with Crippen molar-refractivity contribution in [2.75, 3.05) is 13.7 Å². The van der Waals surface area contributed by atoms with E-state index in [2.05, 4.69) is 15.9 Å². The van der Waals surface area contributed by atoms with Crippen LogP contribution in [0.1, 0.15) is 18.9 Å². The minimum Gasteiger partial charge on any atom is -0.489 e. The number of benzene rings is 1. The largest absolute Gasteiger partial charge is 0.489 e. The van der Waals surface area contributed by atoms with Crippen molar-refractivity contribution in [2.24, 2.45) is 0 Å². The summed E-state index contributed by atoms with van der Waals surface area (Å²) in [6.45, 7) is 2.73. The van der Waals surface area contributed by atoms with Crippen LogP contribution < -0.4 is 4.74 Å². The Bertz CT molecular complexity index is 328. The van der Waals surface area contributed by atoms with E-state index in [-0.39, 0.29) is 12.7 Å². The fraction of sp³-hybridized carbons (Fsp3) is 0.500. The zero-order chi connectivity index (χ0) is 12.0. The smallest absolute Gasteiger partial charge is 0.133 e. The van der Waals surface area contributed by atoms with Gasteiger partial charge in [-0.3, -0.25) is 0 Å². The van der Waals surface area contributed by atoms with E-state index in [1.165, 1.54) is 0 Å². The fourth-order valence-corrected chi connectivity index (χ4v) is 1.82. The van der Waals surface area contributed by atoms with Crippen molar-refractivity contribution in [3.8, 4) is 5.75 Å². The molecule has 1 unspecified atom stereocenters. The molecule has 0 aliphatic rings. The van der Waals surface area contributed by atoms with Crippen LogP contribution in [0.3, 0.4) is 0 Å². The standard InChI is InChI=1S/C12H17BrO3/c1-9(5-6-15-2)16-12-4-3-10(8-14)7-11(12)13/h3-4,7,9,14H,5-6,8H2,1-2H3. The highest BCUT2D eigenvalue weighted by molar-refractivity contribution is 9.10.